The van der Waals surface area contributed by atoms with E-state index in [9.17, 15) is 0 Å². The Morgan fingerprint density at radius 1 is 0.826 bits per heavy atom. The summed E-state index contributed by atoms with van der Waals surface area (Å²) in [5, 5.41) is 13.3. The Morgan fingerprint density at radius 2 is 1.65 bits per heavy atom. The number of aromatic amines is 1. The van der Waals surface area contributed by atoms with Crippen LogP contribution in [-0.4, -0.2) is 65.4 Å². The number of benzene rings is 4. The average Bonchev–Trinajstić information content (AvgIpc) is 3.90. The van der Waals surface area contributed by atoms with Gasteiger partial charge in [0, 0.05) is 65.5 Å². The molecule has 46 heavy (non-hydrogen) atoms. The number of fused-ring (bicyclic) bond motifs is 5. The van der Waals surface area contributed by atoms with E-state index in [-0.39, 0.29) is 12.4 Å². The molecule has 4 aliphatic heterocycles. The van der Waals surface area contributed by atoms with Crippen molar-refractivity contribution in [1.82, 2.24) is 24.8 Å². The van der Waals surface area contributed by atoms with Crippen molar-refractivity contribution in [3.8, 4) is 11.4 Å². The highest BCUT2D eigenvalue weighted by atomic mass is 16.5. The molecule has 10 nitrogen and oxygen atoms in total. The second-order valence-corrected chi connectivity index (χ2v) is 13.1. The number of aryl methyl sites for hydroxylation is 1. The van der Waals surface area contributed by atoms with Gasteiger partial charge in [-0.25, -0.2) is 9.88 Å². The molecule has 4 aliphatic rings. The van der Waals surface area contributed by atoms with Crippen LogP contribution in [0.25, 0.3) is 44.2 Å². The predicted molar refractivity (Wildman–Crippen MR) is 185 cm³/mol. The standard InChI is InChI=1S/C36H37N9O/c1-42-32-10-4-22(35-38-28-8-6-24(17-30(28)40-35)43-13-12-37-19-43)15-26(32)27-16-23(5-11-33(27)42)36-39-29-9-7-25(18-31(29)41-36)44-20-45(21-44)34-3-2-14-46-34/h4-11,15-18,34-35,37-38,40H,2-3,12-14,19-21H2,1H3,(H,39,41). The number of rotatable bonds is 5. The topological polar surface area (TPSA) is 88.7 Å². The molecule has 0 saturated carbocycles. The SMILES string of the molecule is Cn1c2ccc(-c3nc4ccc(N5CN(C6CCCO6)C5)cc4[nH]3)cc2c2cc(C3Nc4ccc(N5CCNC5)cc4N3)ccc21. The van der Waals surface area contributed by atoms with E-state index in [0.29, 0.717) is 0 Å². The summed E-state index contributed by atoms with van der Waals surface area (Å²) in [5.41, 5.74) is 11.5. The molecule has 3 saturated heterocycles. The molecular formula is C36H37N9O. The van der Waals surface area contributed by atoms with Crippen molar-refractivity contribution in [3.05, 3.63) is 78.4 Å². The van der Waals surface area contributed by atoms with Gasteiger partial charge in [0.1, 0.15) is 18.2 Å². The third kappa shape index (κ3) is 4.17. The van der Waals surface area contributed by atoms with Crippen LogP contribution in [0.5, 0.6) is 0 Å². The van der Waals surface area contributed by atoms with Crippen LogP contribution in [0, 0.1) is 0 Å². The molecule has 10 rings (SSSR count). The number of ether oxygens (including phenoxy) is 1. The van der Waals surface area contributed by atoms with Gasteiger partial charge in [0.25, 0.3) is 0 Å². The number of nitrogens with one attached hydrogen (secondary N) is 4. The highest BCUT2D eigenvalue weighted by Crippen LogP contribution is 2.40. The monoisotopic (exact) mass is 611 g/mol. The summed E-state index contributed by atoms with van der Waals surface area (Å²) < 4.78 is 8.15. The molecule has 0 spiro atoms. The average molecular weight is 612 g/mol. The van der Waals surface area contributed by atoms with E-state index >= 15 is 0 Å². The minimum absolute atomic E-state index is 0.0125. The third-order valence-corrected chi connectivity index (χ3v) is 10.3. The number of hydrogen-bond acceptors (Lipinski definition) is 8. The Hall–Kier alpha value is -4.77. The predicted octanol–water partition coefficient (Wildman–Crippen LogP) is 5.95. The van der Waals surface area contributed by atoms with E-state index in [4.69, 9.17) is 9.72 Å². The van der Waals surface area contributed by atoms with Gasteiger partial charge in [0.05, 0.1) is 42.4 Å². The molecule has 4 aromatic carbocycles. The maximum absolute atomic E-state index is 5.86. The van der Waals surface area contributed by atoms with E-state index in [1.807, 2.05) is 0 Å². The molecule has 2 atom stereocenters. The molecule has 0 aliphatic carbocycles. The lowest BCUT2D eigenvalue weighted by atomic mass is 10.1. The lowest BCUT2D eigenvalue weighted by Gasteiger charge is -2.46. The summed E-state index contributed by atoms with van der Waals surface area (Å²) in [5.74, 6) is 0.894. The van der Waals surface area contributed by atoms with Gasteiger partial charge in [-0.15, -0.1) is 0 Å². The largest absolute Gasteiger partial charge is 0.363 e. The molecule has 0 amide bonds. The van der Waals surface area contributed by atoms with Gasteiger partial charge in [-0.1, -0.05) is 6.07 Å². The first kappa shape index (κ1) is 26.4. The highest BCUT2D eigenvalue weighted by Gasteiger charge is 2.33. The van der Waals surface area contributed by atoms with Crippen LogP contribution in [0.2, 0.25) is 0 Å². The minimum atomic E-state index is 0.0125. The summed E-state index contributed by atoms with van der Waals surface area (Å²) in [6.07, 6.45) is 2.60. The number of H-pyrrole nitrogens is 1. The molecule has 0 radical (unpaired) electrons. The fraction of sp³-hybridized carbons (Fsp3) is 0.306. The normalized spacial score (nSPS) is 21.3. The van der Waals surface area contributed by atoms with Gasteiger partial charge in [0.15, 0.2) is 0 Å². The van der Waals surface area contributed by atoms with Gasteiger partial charge < -0.3 is 34.7 Å². The Bertz CT molecular complexity index is 2130. The first-order chi connectivity index (χ1) is 22.6. The van der Waals surface area contributed by atoms with Crippen LogP contribution >= 0.6 is 0 Å². The smallest absolute Gasteiger partial charge is 0.138 e. The lowest BCUT2D eigenvalue weighted by Crippen LogP contribution is -2.59. The fourth-order valence-corrected chi connectivity index (χ4v) is 7.70. The first-order valence-electron chi connectivity index (χ1n) is 16.4. The van der Waals surface area contributed by atoms with Crippen LogP contribution in [-0.2, 0) is 11.8 Å². The number of anilines is 4. The van der Waals surface area contributed by atoms with Gasteiger partial charge in [-0.3, -0.25) is 5.32 Å². The zero-order valence-electron chi connectivity index (χ0n) is 25.9. The summed E-state index contributed by atoms with van der Waals surface area (Å²) in [6, 6.07) is 26.7. The molecule has 2 aromatic heterocycles. The van der Waals surface area contributed by atoms with E-state index in [2.05, 4.69) is 120 Å². The van der Waals surface area contributed by atoms with Gasteiger partial charge in [-0.05, 0) is 85.1 Å². The van der Waals surface area contributed by atoms with Crippen LogP contribution in [0.15, 0.2) is 72.8 Å². The van der Waals surface area contributed by atoms with Crippen molar-refractivity contribution in [3.63, 3.8) is 0 Å². The summed E-state index contributed by atoms with van der Waals surface area (Å²) in [7, 11) is 2.15. The molecule has 10 heteroatoms. The minimum Gasteiger partial charge on any atom is -0.363 e. The Kier molecular flexibility index (Phi) is 5.82. The van der Waals surface area contributed by atoms with Gasteiger partial charge >= 0.3 is 0 Å². The Balaban J connectivity index is 0.941. The molecule has 6 aromatic rings. The van der Waals surface area contributed by atoms with E-state index in [1.54, 1.807) is 0 Å². The molecule has 232 valence electrons. The summed E-state index contributed by atoms with van der Waals surface area (Å²) in [4.78, 5) is 15.8. The Morgan fingerprint density at radius 3 is 2.50 bits per heavy atom. The van der Waals surface area contributed by atoms with Crippen molar-refractivity contribution < 1.29 is 4.74 Å². The number of nitrogens with zero attached hydrogens (tertiary/aromatic N) is 5. The van der Waals surface area contributed by atoms with Crippen molar-refractivity contribution in [2.75, 3.05) is 60.1 Å². The number of imidazole rings is 1. The molecular weight excluding hydrogens is 574 g/mol. The number of hydrogen-bond donors (Lipinski definition) is 4. The second-order valence-electron chi connectivity index (χ2n) is 13.1. The first-order valence-corrected chi connectivity index (χ1v) is 16.4. The van der Waals surface area contributed by atoms with E-state index in [0.717, 1.165) is 86.3 Å². The van der Waals surface area contributed by atoms with Crippen molar-refractivity contribution in [2.45, 2.75) is 25.2 Å². The molecule has 0 bridgehead atoms. The summed E-state index contributed by atoms with van der Waals surface area (Å²) in [6.45, 7) is 5.68. The maximum atomic E-state index is 5.86. The van der Waals surface area contributed by atoms with Crippen LogP contribution < -0.4 is 25.8 Å². The summed E-state index contributed by atoms with van der Waals surface area (Å²) >= 11 is 0. The van der Waals surface area contributed by atoms with Crippen molar-refractivity contribution >= 4 is 55.6 Å². The zero-order chi connectivity index (χ0) is 30.4. The molecule has 3 fully saturated rings. The Labute approximate surface area is 266 Å². The van der Waals surface area contributed by atoms with Crippen molar-refractivity contribution in [2.24, 2.45) is 7.05 Å². The quantitative estimate of drug-likeness (QED) is 0.190. The zero-order valence-corrected chi connectivity index (χ0v) is 25.9. The third-order valence-electron chi connectivity index (χ3n) is 10.3. The van der Waals surface area contributed by atoms with Gasteiger partial charge in [0.2, 0.25) is 0 Å². The van der Waals surface area contributed by atoms with Crippen LogP contribution in [0.1, 0.15) is 24.6 Å². The fourth-order valence-electron chi connectivity index (χ4n) is 7.70. The molecule has 4 N–H and O–H groups in total. The lowest BCUT2D eigenvalue weighted by molar-refractivity contribution is -0.0495. The molecule has 2 unspecified atom stereocenters. The van der Waals surface area contributed by atoms with Gasteiger partial charge in [-0.2, -0.15) is 0 Å². The van der Waals surface area contributed by atoms with E-state index in [1.165, 1.54) is 38.7 Å². The van der Waals surface area contributed by atoms with Crippen LogP contribution in [0.4, 0.5) is 22.7 Å². The second kappa shape index (κ2) is 10.1. The van der Waals surface area contributed by atoms with E-state index < -0.39 is 0 Å². The van der Waals surface area contributed by atoms with Crippen LogP contribution in [0.3, 0.4) is 0 Å². The molecule has 6 heterocycles. The number of aromatic nitrogens is 3. The maximum Gasteiger partial charge on any atom is 0.138 e. The van der Waals surface area contributed by atoms with Crippen molar-refractivity contribution in [1.29, 1.82) is 0 Å². The highest BCUT2D eigenvalue weighted by molar-refractivity contribution is 6.09.